The minimum Gasteiger partial charge on any atom is -0.465 e. The van der Waals surface area contributed by atoms with Gasteiger partial charge in [-0.3, -0.25) is 4.98 Å². The molecule has 0 N–H and O–H groups in total. The summed E-state index contributed by atoms with van der Waals surface area (Å²) in [6.07, 6.45) is -2.43. The average molecular weight is 219 g/mol. The van der Waals surface area contributed by atoms with Crippen LogP contribution < -0.4 is 0 Å². The molecular formula is C9H8F3NO2. The summed E-state index contributed by atoms with van der Waals surface area (Å²) in [5, 5.41) is 0. The van der Waals surface area contributed by atoms with Gasteiger partial charge in [-0.25, -0.2) is 18.0 Å². The van der Waals surface area contributed by atoms with Crippen LogP contribution in [0.1, 0.15) is 28.0 Å². The SMILES string of the molecule is COC(=O)c1c(C)ncc(F)c1C(F)F. The molecular weight excluding hydrogens is 211 g/mol. The highest BCUT2D eigenvalue weighted by molar-refractivity contribution is 5.92. The van der Waals surface area contributed by atoms with Crippen LogP contribution >= 0.6 is 0 Å². The second-order valence-electron chi connectivity index (χ2n) is 2.77. The Kier molecular flexibility index (Phi) is 3.28. The van der Waals surface area contributed by atoms with Gasteiger partial charge < -0.3 is 4.74 Å². The van der Waals surface area contributed by atoms with Gasteiger partial charge in [0.1, 0.15) is 0 Å². The van der Waals surface area contributed by atoms with Crippen LogP contribution in [0.5, 0.6) is 0 Å². The van der Waals surface area contributed by atoms with E-state index >= 15 is 0 Å². The van der Waals surface area contributed by atoms with Crippen LogP contribution in [0.25, 0.3) is 0 Å². The van der Waals surface area contributed by atoms with Crippen LogP contribution in [0.4, 0.5) is 13.2 Å². The Morgan fingerprint density at radius 1 is 1.53 bits per heavy atom. The van der Waals surface area contributed by atoms with E-state index in [1.807, 2.05) is 0 Å². The Morgan fingerprint density at radius 3 is 2.60 bits per heavy atom. The van der Waals surface area contributed by atoms with Gasteiger partial charge in [-0.15, -0.1) is 0 Å². The number of hydrogen-bond acceptors (Lipinski definition) is 3. The van der Waals surface area contributed by atoms with Crippen molar-refractivity contribution >= 4 is 5.97 Å². The van der Waals surface area contributed by atoms with Gasteiger partial charge in [0.05, 0.1) is 30.1 Å². The molecule has 0 aliphatic carbocycles. The Morgan fingerprint density at radius 2 is 2.13 bits per heavy atom. The van der Waals surface area contributed by atoms with Crippen LogP contribution in [0.2, 0.25) is 0 Å². The first-order valence-electron chi connectivity index (χ1n) is 4.00. The molecule has 0 unspecified atom stereocenters. The predicted molar refractivity (Wildman–Crippen MR) is 45.2 cm³/mol. The van der Waals surface area contributed by atoms with Crippen LogP contribution in [0.3, 0.4) is 0 Å². The molecule has 6 heteroatoms. The third-order valence-corrected chi connectivity index (χ3v) is 1.87. The highest BCUT2D eigenvalue weighted by Crippen LogP contribution is 2.27. The van der Waals surface area contributed by atoms with Crippen molar-refractivity contribution in [1.29, 1.82) is 0 Å². The fourth-order valence-electron chi connectivity index (χ4n) is 1.17. The van der Waals surface area contributed by atoms with Gasteiger partial charge in [-0.2, -0.15) is 0 Å². The van der Waals surface area contributed by atoms with Gasteiger partial charge in [0.2, 0.25) is 0 Å². The van der Waals surface area contributed by atoms with E-state index in [-0.39, 0.29) is 5.69 Å². The number of rotatable bonds is 2. The standard InChI is InChI=1S/C9H8F3NO2/c1-4-6(9(14)15-2)7(8(11)12)5(10)3-13-4/h3,8H,1-2H3. The van der Waals surface area contributed by atoms with Crippen molar-refractivity contribution in [3.8, 4) is 0 Å². The maximum Gasteiger partial charge on any atom is 0.340 e. The zero-order valence-electron chi connectivity index (χ0n) is 8.05. The van der Waals surface area contributed by atoms with Crippen molar-refractivity contribution in [3.05, 3.63) is 28.8 Å². The molecule has 0 aliphatic heterocycles. The number of pyridine rings is 1. The second-order valence-corrected chi connectivity index (χ2v) is 2.77. The first-order chi connectivity index (χ1) is 6.99. The van der Waals surface area contributed by atoms with Gasteiger partial charge in [0.15, 0.2) is 5.82 Å². The third-order valence-electron chi connectivity index (χ3n) is 1.87. The summed E-state index contributed by atoms with van der Waals surface area (Å²) >= 11 is 0. The molecule has 0 atom stereocenters. The minimum absolute atomic E-state index is 0.0125. The molecule has 15 heavy (non-hydrogen) atoms. The number of alkyl halides is 2. The zero-order chi connectivity index (χ0) is 11.6. The first kappa shape index (κ1) is 11.5. The number of halogens is 3. The van der Waals surface area contributed by atoms with E-state index < -0.39 is 29.3 Å². The van der Waals surface area contributed by atoms with Gasteiger partial charge in [0.25, 0.3) is 6.43 Å². The molecule has 0 aliphatic rings. The smallest absolute Gasteiger partial charge is 0.340 e. The summed E-state index contributed by atoms with van der Waals surface area (Å²) in [6, 6.07) is 0. The summed E-state index contributed by atoms with van der Waals surface area (Å²) < 4.78 is 42.3. The minimum atomic E-state index is -3.08. The molecule has 1 aromatic rings. The van der Waals surface area contributed by atoms with E-state index in [0.717, 1.165) is 7.11 Å². The van der Waals surface area contributed by atoms with Crippen LogP contribution in [0.15, 0.2) is 6.20 Å². The third kappa shape index (κ3) is 2.08. The predicted octanol–water partition coefficient (Wildman–Crippen LogP) is 2.25. The number of hydrogen-bond donors (Lipinski definition) is 0. The Balaban J connectivity index is 3.45. The lowest BCUT2D eigenvalue weighted by Crippen LogP contribution is -2.12. The maximum atomic E-state index is 13.0. The maximum absolute atomic E-state index is 13.0. The van der Waals surface area contributed by atoms with E-state index in [0.29, 0.717) is 6.20 Å². The van der Waals surface area contributed by atoms with E-state index in [9.17, 15) is 18.0 Å². The molecule has 1 heterocycles. The molecule has 0 fully saturated rings. The average Bonchev–Trinajstić information content (AvgIpc) is 2.19. The largest absolute Gasteiger partial charge is 0.465 e. The summed E-state index contributed by atoms with van der Waals surface area (Å²) in [5.74, 6) is -2.23. The monoisotopic (exact) mass is 219 g/mol. The molecule has 0 aromatic carbocycles. The van der Waals surface area contributed by atoms with Crippen molar-refractivity contribution in [2.24, 2.45) is 0 Å². The summed E-state index contributed by atoms with van der Waals surface area (Å²) in [5.41, 5.74) is -1.46. The second kappa shape index (κ2) is 4.29. The van der Waals surface area contributed by atoms with E-state index in [2.05, 4.69) is 9.72 Å². The number of methoxy groups -OCH3 is 1. The van der Waals surface area contributed by atoms with Crippen LogP contribution in [0, 0.1) is 12.7 Å². The zero-order valence-corrected chi connectivity index (χ0v) is 8.05. The van der Waals surface area contributed by atoms with Gasteiger partial charge in [-0.05, 0) is 6.92 Å². The molecule has 82 valence electrons. The lowest BCUT2D eigenvalue weighted by atomic mass is 10.1. The van der Waals surface area contributed by atoms with Gasteiger partial charge in [0, 0.05) is 0 Å². The Hall–Kier alpha value is -1.59. The molecule has 0 bridgehead atoms. The van der Waals surface area contributed by atoms with Crippen molar-refractivity contribution in [2.45, 2.75) is 13.3 Å². The topological polar surface area (TPSA) is 39.2 Å². The quantitative estimate of drug-likeness (QED) is 0.716. The number of nitrogens with zero attached hydrogens (tertiary/aromatic N) is 1. The number of esters is 1. The molecule has 0 spiro atoms. The summed E-state index contributed by atoms with van der Waals surface area (Å²) in [6.45, 7) is 1.33. The highest BCUT2D eigenvalue weighted by atomic mass is 19.3. The van der Waals surface area contributed by atoms with Crippen LogP contribution in [-0.2, 0) is 4.74 Å². The summed E-state index contributed by atoms with van der Waals surface area (Å²) in [7, 11) is 1.03. The molecule has 1 rings (SSSR count). The van der Waals surface area contributed by atoms with E-state index in [1.165, 1.54) is 6.92 Å². The molecule has 1 aromatic heterocycles. The normalized spacial score (nSPS) is 10.5. The fourth-order valence-corrected chi connectivity index (χ4v) is 1.17. The molecule has 0 amide bonds. The van der Waals surface area contributed by atoms with Crippen molar-refractivity contribution in [3.63, 3.8) is 0 Å². The lowest BCUT2D eigenvalue weighted by molar-refractivity contribution is 0.0585. The molecule has 3 nitrogen and oxygen atoms in total. The van der Waals surface area contributed by atoms with E-state index in [4.69, 9.17) is 0 Å². The molecule has 0 saturated carbocycles. The Bertz CT molecular complexity index is 393. The van der Waals surface area contributed by atoms with Crippen molar-refractivity contribution in [1.82, 2.24) is 4.98 Å². The fraction of sp³-hybridized carbons (Fsp3) is 0.333. The number of ether oxygens (including phenoxy) is 1. The molecule has 0 saturated heterocycles. The highest BCUT2D eigenvalue weighted by Gasteiger charge is 2.25. The van der Waals surface area contributed by atoms with Gasteiger partial charge >= 0.3 is 5.97 Å². The number of carbonyl (C=O) groups excluding carboxylic acids is 1. The first-order valence-corrected chi connectivity index (χ1v) is 4.00. The molecule has 0 radical (unpaired) electrons. The van der Waals surface area contributed by atoms with Crippen molar-refractivity contribution < 1.29 is 22.7 Å². The number of aryl methyl sites for hydroxylation is 1. The Labute approximate surface area is 83.9 Å². The van der Waals surface area contributed by atoms with Crippen molar-refractivity contribution in [2.75, 3.05) is 7.11 Å². The summed E-state index contributed by atoms with van der Waals surface area (Å²) in [4.78, 5) is 14.6. The van der Waals surface area contributed by atoms with Crippen LogP contribution in [-0.4, -0.2) is 18.1 Å². The number of aromatic nitrogens is 1. The van der Waals surface area contributed by atoms with E-state index in [1.54, 1.807) is 0 Å². The number of carbonyl (C=O) groups is 1. The van der Waals surface area contributed by atoms with Gasteiger partial charge in [-0.1, -0.05) is 0 Å². The lowest BCUT2D eigenvalue weighted by Gasteiger charge is -2.09.